The van der Waals surface area contributed by atoms with Gasteiger partial charge in [0.1, 0.15) is 0 Å². The zero-order valence-corrected chi connectivity index (χ0v) is 4.36. The lowest BCUT2D eigenvalue weighted by molar-refractivity contribution is -0.187. The number of hydrogen-bond donors (Lipinski definition) is 0. The molecule has 0 aromatic rings. The van der Waals surface area contributed by atoms with Crippen molar-refractivity contribution in [2.24, 2.45) is 5.92 Å². The maximum absolute atomic E-state index is 12.0. The van der Waals surface area contributed by atoms with Gasteiger partial charge in [-0.2, -0.15) is 0 Å². The number of hydrogen-bond acceptors (Lipinski definition) is 1. The first-order chi connectivity index (χ1) is 3.34. The summed E-state index contributed by atoms with van der Waals surface area (Å²) < 4.78 is 16.4. The van der Waals surface area contributed by atoms with E-state index in [0.29, 0.717) is 6.61 Å². The Labute approximate surface area is 42.5 Å². The largest absolute Gasteiger partial charge is 0.347 e. The van der Waals surface area contributed by atoms with Crippen LogP contribution in [0.1, 0.15) is 13.3 Å². The Morgan fingerprint density at radius 3 is 2.57 bits per heavy atom. The van der Waals surface area contributed by atoms with Crippen LogP contribution < -0.4 is 0 Å². The molecule has 0 N–H and O–H groups in total. The Kier molecular flexibility index (Phi) is 1.28. The third-order valence-electron chi connectivity index (χ3n) is 1.36. The Balaban J connectivity index is 2.16. The lowest BCUT2D eigenvalue weighted by Crippen LogP contribution is -2.35. The molecule has 0 aromatic heterocycles. The highest BCUT2D eigenvalue weighted by molar-refractivity contribution is 4.67. The van der Waals surface area contributed by atoms with Crippen LogP contribution in [0.25, 0.3) is 0 Å². The normalized spacial score (nSPS) is 40.3. The van der Waals surface area contributed by atoms with Gasteiger partial charge in [-0.15, -0.1) is 0 Å². The van der Waals surface area contributed by atoms with Gasteiger partial charge in [0.15, 0.2) is 0 Å². The Bertz CT molecular complexity index is 63.1. The van der Waals surface area contributed by atoms with Crippen LogP contribution in [0.15, 0.2) is 0 Å². The van der Waals surface area contributed by atoms with Gasteiger partial charge in [0.25, 0.3) is 0 Å². The van der Waals surface area contributed by atoms with Crippen molar-refractivity contribution in [1.29, 1.82) is 0 Å². The first kappa shape index (κ1) is 5.04. The van der Waals surface area contributed by atoms with Crippen LogP contribution in [0, 0.1) is 5.92 Å². The van der Waals surface area contributed by atoms with E-state index >= 15 is 0 Å². The molecule has 0 amide bonds. The molecule has 1 aliphatic heterocycles. The van der Waals surface area contributed by atoms with E-state index in [4.69, 9.17) is 0 Å². The standard InChI is InChI=1S/C5H9FO/c1-2-4-3-7-5(4)6/h4-5H,2-3H2,1H3. The van der Waals surface area contributed by atoms with Crippen LogP contribution in [-0.2, 0) is 4.74 Å². The van der Waals surface area contributed by atoms with Gasteiger partial charge >= 0.3 is 0 Å². The van der Waals surface area contributed by atoms with Gasteiger partial charge in [-0.25, -0.2) is 4.39 Å². The Morgan fingerprint density at radius 2 is 2.57 bits per heavy atom. The SMILES string of the molecule is CCC1COC1F. The van der Waals surface area contributed by atoms with Crippen LogP contribution in [0.4, 0.5) is 4.39 Å². The molecule has 0 aromatic carbocycles. The molecule has 2 unspecified atom stereocenters. The van der Waals surface area contributed by atoms with E-state index in [1.165, 1.54) is 0 Å². The molecule has 2 heteroatoms. The quantitative estimate of drug-likeness (QED) is 0.487. The molecule has 1 rings (SSSR count). The number of rotatable bonds is 1. The second kappa shape index (κ2) is 1.78. The highest BCUT2D eigenvalue weighted by atomic mass is 19.1. The van der Waals surface area contributed by atoms with E-state index in [2.05, 4.69) is 4.74 Å². The van der Waals surface area contributed by atoms with Crippen LogP contribution >= 0.6 is 0 Å². The molecule has 1 saturated heterocycles. The third-order valence-corrected chi connectivity index (χ3v) is 1.36. The minimum absolute atomic E-state index is 0.194. The van der Waals surface area contributed by atoms with E-state index in [0.717, 1.165) is 6.42 Å². The highest BCUT2D eigenvalue weighted by Gasteiger charge is 2.29. The maximum Gasteiger partial charge on any atom is 0.203 e. The second-order valence-corrected chi connectivity index (χ2v) is 1.85. The summed E-state index contributed by atoms with van der Waals surface area (Å²) in [6.45, 7) is 2.59. The molecule has 1 heterocycles. The molecule has 1 aliphatic rings. The van der Waals surface area contributed by atoms with E-state index in [9.17, 15) is 4.39 Å². The van der Waals surface area contributed by atoms with Crippen molar-refractivity contribution in [1.82, 2.24) is 0 Å². The van der Waals surface area contributed by atoms with Gasteiger partial charge in [0.05, 0.1) is 6.61 Å². The summed E-state index contributed by atoms with van der Waals surface area (Å²) in [6.07, 6.45) is -0.0498. The summed E-state index contributed by atoms with van der Waals surface area (Å²) >= 11 is 0. The zero-order valence-electron chi connectivity index (χ0n) is 4.36. The summed E-state index contributed by atoms with van der Waals surface area (Å²) in [5.74, 6) is 0.194. The van der Waals surface area contributed by atoms with Crippen molar-refractivity contribution >= 4 is 0 Å². The third kappa shape index (κ3) is 0.752. The fraction of sp³-hybridized carbons (Fsp3) is 1.00. The van der Waals surface area contributed by atoms with Crippen molar-refractivity contribution in [2.45, 2.75) is 19.7 Å². The fourth-order valence-electron chi connectivity index (χ4n) is 0.608. The molecular formula is C5H9FO. The summed E-state index contributed by atoms with van der Waals surface area (Å²) in [5, 5.41) is 0. The zero-order chi connectivity index (χ0) is 5.28. The Morgan fingerprint density at radius 1 is 1.86 bits per heavy atom. The predicted octanol–water partition coefficient (Wildman–Crippen LogP) is 1.34. The molecule has 2 atom stereocenters. The van der Waals surface area contributed by atoms with Gasteiger partial charge in [-0.05, 0) is 6.42 Å². The molecule has 42 valence electrons. The van der Waals surface area contributed by atoms with Crippen LogP contribution in [-0.4, -0.2) is 13.0 Å². The monoisotopic (exact) mass is 104 g/mol. The second-order valence-electron chi connectivity index (χ2n) is 1.85. The predicted molar refractivity (Wildman–Crippen MR) is 24.6 cm³/mol. The van der Waals surface area contributed by atoms with Crippen molar-refractivity contribution in [3.05, 3.63) is 0 Å². The average Bonchev–Trinajstić information content (AvgIpc) is 1.65. The average molecular weight is 104 g/mol. The summed E-state index contributed by atoms with van der Waals surface area (Å²) in [7, 11) is 0. The van der Waals surface area contributed by atoms with Gasteiger partial charge in [-0.3, -0.25) is 0 Å². The number of ether oxygens (including phenoxy) is 1. The van der Waals surface area contributed by atoms with E-state index in [-0.39, 0.29) is 5.92 Å². The fourth-order valence-corrected chi connectivity index (χ4v) is 0.608. The molecule has 0 saturated carbocycles. The van der Waals surface area contributed by atoms with Crippen molar-refractivity contribution in [3.63, 3.8) is 0 Å². The molecule has 0 aliphatic carbocycles. The molecular weight excluding hydrogens is 95.1 g/mol. The van der Waals surface area contributed by atoms with Crippen molar-refractivity contribution < 1.29 is 9.13 Å². The summed E-state index contributed by atoms with van der Waals surface area (Å²) in [6, 6.07) is 0. The van der Waals surface area contributed by atoms with Gasteiger partial charge in [0, 0.05) is 5.92 Å². The molecule has 0 bridgehead atoms. The van der Waals surface area contributed by atoms with Crippen LogP contribution in [0.3, 0.4) is 0 Å². The minimum Gasteiger partial charge on any atom is -0.347 e. The topological polar surface area (TPSA) is 9.23 Å². The molecule has 1 nitrogen and oxygen atoms in total. The van der Waals surface area contributed by atoms with Crippen LogP contribution in [0.2, 0.25) is 0 Å². The van der Waals surface area contributed by atoms with Crippen molar-refractivity contribution in [2.75, 3.05) is 6.61 Å². The molecule has 0 radical (unpaired) electrons. The smallest absolute Gasteiger partial charge is 0.203 e. The molecule has 7 heavy (non-hydrogen) atoms. The molecule has 1 fully saturated rings. The number of halogens is 1. The molecule has 0 spiro atoms. The summed E-state index contributed by atoms with van der Waals surface area (Å²) in [5.41, 5.74) is 0. The first-order valence-electron chi connectivity index (χ1n) is 2.60. The number of alkyl halides is 1. The van der Waals surface area contributed by atoms with Gasteiger partial charge < -0.3 is 4.74 Å². The first-order valence-corrected chi connectivity index (χ1v) is 2.60. The van der Waals surface area contributed by atoms with E-state index in [1.807, 2.05) is 6.92 Å². The lowest BCUT2D eigenvalue weighted by atomic mass is 10.0. The van der Waals surface area contributed by atoms with Crippen molar-refractivity contribution in [3.8, 4) is 0 Å². The van der Waals surface area contributed by atoms with Gasteiger partial charge in [0.2, 0.25) is 6.36 Å². The maximum atomic E-state index is 12.0. The van der Waals surface area contributed by atoms with E-state index in [1.54, 1.807) is 0 Å². The minimum atomic E-state index is -0.954. The highest BCUT2D eigenvalue weighted by Crippen LogP contribution is 2.23. The lowest BCUT2D eigenvalue weighted by Gasteiger charge is -2.29. The van der Waals surface area contributed by atoms with E-state index < -0.39 is 6.36 Å². The summed E-state index contributed by atoms with van der Waals surface area (Å²) in [4.78, 5) is 0. The van der Waals surface area contributed by atoms with Crippen LogP contribution in [0.5, 0.6) is 0 Å². The van der Waals surface area contributed by atoms with Gasteiger partial charge in [-0.1, -0.05) is 6.92 Å². The Hall–Kier alpha value is -0.110.